The first-order valence-corrected chi connectivity index (χ1v) is 10.7. The van der Waals surface area contributed by atoms with Gasteiger partial charge >= 0.3 is 6.18 Å². The van der Waals surface area contributed by atoms with E-state index in [1.54, 1.807) is 6.92 Å². The van der Waals surface area contributed by atoms with Gasteiger partial charge in [0, 0.05) is 0 Å². The van der Waals surface area contributed by atoms with Crippen LogP contribution in [0, 0.1) is 12.7 Å². The molecule has 0 bridgehead atoms. The highest BCUT2D eigenvalue weighted by molar-refractivity contribution is 7.89. The third-order valence-electron chi connectivity index (χ3n) is 4.57. The lowest BCUT2D eigenvalue weighted by atomic mass is 9.91. The van der Waals surface area contributed by atoms with E-state index in [4.69, 9.17) is 5.14 Å². The van der Waals surface area contributed by atoms with Gasteiger partial charge in [0.15, 0.2) is 11.2 Å². The van der Waals surface area contributed by atoms with Crippen molar-refractivity contribution in [3.8, 4) is 0 Å². The average molecular weight is 456 g/mol. The Morgan fingerprint density at radius 1 is 1.13 bits per heavy atom. The fourth-order valence-corrected chi connectivity index (χ4v) is 4.62. The quantitative estimate of drug-likeness (QED) is 0.586. The van der Waals surface area contributed by atoms with E-state index in [0.29, 0.717) is 15.8 Å². The number of aromatic nitrogens is 1. The minimum Gasteiger partial charge on any atom is -0.238 e. The third-order valence-corrected chi connectivity index (χ3v) is 6.64. The summed E-state index contributed by atoms with van der Waals surface area (Å²) < 4.78 is 77.2. The summed E-state index contributed by atoms with van der Waals surface area (Å²) >= 11 is 0.974. The van der Waals surface area contributed by atoms with E-state index in [2.05, 4.69) is 15.2 Å². The van der Waals surface area contributed by atoms with Crippen LogP contribution in [-0.2, 0) is 15.6 Å². The van der Waals surface area contributed by atoms with Gasteiger partial charge in [-0.05, 0) is 48.4 Å². The number of nitrogens with zero attached hydrogens (tertiary/aromatic N) is 3. The number of benzene rings is 2. The van der Waals surface area contributed by atoms with Gasteiger partial charge in [-0.2, -0.15) is 18.3 Å². The molecule has 0 fully saturated rings. The van der Waals surface area contributed by atoms with E-state index in [0.717, 1.165) is 17.4 Å². The number of azo groups is 1. The van der Waals surface area contributed by atoms with E-state index in [-0.39, 0.29) is 15.5 Å². The number of nitrogens with two attached hydrogens (primary N) is 1. The Hall–Kier alpha value is -2.70. The molecule has 2 N–H and O–H groups in total. The van der Waals surface area contributed by atoms with Crippen molar-refractivity contribution >= 4 is 31.6 Å². The summed E-state index contributed by atoms with van der Waals surface area (Å²) in [4.78, 5) is 4.17. The molecule has 0 spiro atoms. The zero-order valence-electron chi connectivity index (χ0n) is 15.1. The topological polar surface area (TPSA) is 97.8 Å². The van der Waals surface area contributed by atoms with Gasteiger partial charge in [-0.25, -0.2) is 22.9 Å². The summed E-state index contributed by atoms with van der Waals surface area (Å²) in [6.07, 6.45) is -3.93. The zero-order chi connectivity index (χ0) is 21.9. The molecule has 1 aromatic heterocycles. The van der Waals surface area contributed by atoms with Crippen molar-refractivity contribution in [1.82, 2.24) is 4.98 Å². The van der Waals surface area contributed by atoms with Gasteiger partial charge in [-0.15, -0.1) is 16.5 Å². The maximum Gasteiger partial charge on any atom is 0.434 e. The van der Waals surface area contributed by atoms with Crippen LogP contribution in [-0.4, -0.2) is 19.6 Å². The highest BCUT2D eigenvalue weighted by atomic mass is 32.2. The largest absolute Gasteiger partial charge is 0.434 e. The van der Waals surface area contributed by atoms with Gasteiger partial charge in [0.1, 0.15) is 10.8 Å². The normalized spacial score (nSPS) is 19.5. The second kappa shape index (κ2) is 6.65. The number of alkyl halides is 3. The number of fused-ring (bicyclic) bond motifs is 1. The van der Waals surface area contributed by atoms with Crippen molar-refractivity contribution in [2.24, 2.45) is 15.4 Å². The fourth-order valence-electron chi connectivity index (χ4n) is 3.01. The number of primary sulfonamides is 1. The van der Waals surface area contributed by atoms with Crippen molar-refractivity contribution in [2.45, 2.75) is 23.5 Å². The van der Waals surface area contributed by atoms with Crippen LogP contribution >= 0.6 is 11.3 Å². The van der Waals surface area contributed by atoms with Crippen LogP contribution in [0.15, 0.2) is 63.3 Å². The van der Waals surface area contributed by atoms with Crippen LogP contribution in [0.5, 0.6) is 0 Å². The molecule has 2 aromatic carbocycles. The van der Waals surface area contributed by atoms with Gasteiger partial charge in [-0.1, -0.05) is 12.1 Å². The molecule has 30 heavy (non-hydrogen) atoms. The van der Waals surface area contributed by atoms with E-state index in [9.17, 15) is 26.0 Å². The average Bonchev–Trinajstić information content (AvgIpc) is 3.27. The number of hydrogen-bond acceptors (Lipinski definition) is 6. The molecule has 0 saturated heterocycles. The first-order valence-electron chi connectivity index (χ1n) is 8.34. The molecular formula is C18H12F4N4O2S2. The van der Waals surface area contributed by atoms with Crippen LogP contribution in [0.2, 0.25) is 0 Å². The lowest BCUT2D eigenvalue weighted by Crippen LogP contribution is -2.22. The molecule has 6 nitrogen and oxygen atoms in total. The Morgan fingerprint density at radius 3 is 2.37 bits per heavy atom. The lowest BCUT2D eigenvalue weighted by molar-refractivity contribution is -0.0925. The number of sulfonamides is 1. The Kier molecular flexibility index (Phi) is 4.56. The summed E-state index contributed by atoms with van der Waals surface area (Å²) in [5.74, 6) is -0.469. The smallest absolute Gasteiger partial charge is 0.238 e. The minimum absolute atomic E-state index is 0.133. The zero-order valence-corrected chi connectivity index (χ0v) is 16.7. The monoisotopic (exact) mass is 456 g/mol. The SMILES string of the molecule is Cc1cc2nc(C3(c4ccc(S(N)(=O)=O)cc4)C=C(C(F)(F)F)N=N3)sc2cc1F. The maximum absolute atomic E-state index is 13.9. The molecule has 2 heterocycles. The van der Waals surface area contributed by atoms with Crippen molar-refractivity contribution in [3.05, 3.63) is 70.1 Å². The number of rotatable bonds is 3. The molecule has 0 amide bonds. The number of halogens is 4. The predicted octanol–water partition coefficient (Wildman–Crippen LogP) is 4.55. The molecular weight excluding hydrogens is 444 g/mol. The van der Waals surface area contributed by atoms with Crippen molar-refractivity contribution in [3.63, 3.8) is 0 Å². The molecule has 0 aliphatic carbocycles. The number of thiazole rings is 1. The summed E-state index contributed by atoms with van der Waals surface area (Å²) in [7, 11) is -4.00. The molecule has 156 valence electrons. The third kappa shape index (κ3) is 3.40. The first kappa shape index (κ1) is 20.6. The number of aryl methyl sites for hydroxylation is 1. The minimum atomic E-state index is -4.74. The van der Waals surface area contributed by atoms with Crippen LogP contribution in [0.1, 0.15) is 16.1 Å². The molecule has 1 aliphatic heterocycles. The van der Waals surface area contributed by atoms with Crippen molar-refractivity contribution < 1.29 is 26.0 Å². The van der Waals surface area contributed by atoms with Crippen LogP contribution < -0.4 is 5.14 Å². The predicted molar refractivity (Wildman–Crippen MR) is 102 cm³/mol. The van der Waals surface area contributed by atoms with Crippen LogP contribution in [0.25, 0.3) is 10.2 Å². The van der Waals surface area contributed by atoms with Crippen LogP contribution in [0.4, 0.5) is 17.6 Å². The second-order valence-corrected chi connectivity index (χ2v) is 9.24. The number of hydrogen-bond donors (Lipinski definition) is 1. The highest BCUT2D eigenvalue weighted by Gasteiger charge is 2.46. The molecule has 3 aromatic rings. The molecule has 1 unspecified atom stereocenters. The standard InChI is InChI=1S/C18H12F4N4O2S2/c1-9-6-13-14(7-12(9)19)29-16(24-13)17(8-15(25-26-17)18(20,21)22)10-2-4-11(5-3-10)30(23,27)28/h2-8H,1H3,(H2,23,27,28). The van der Waals surface area contributed by atoms with Gasteiger partial charge in [0.25, 0.3) is 0 Å². The summed E-state index contributed by atoms with van der Waals surface area (Å²) in [5.41, 5.74) is -2.01. The Bertz CT molecular complexity index is 1290. The molecule has 0 saturated carbocycles. The highest BCUT2D eigenvalue weighted by Crippen LogP contribution is 2.47. The Morgan fingerprint density at radius 2 is 1.80 bits per heavy atom. The molecule has 12 heteroatoms. The van der Waals surface area contributed by atoms with E-state index in [1.165, 1.54) is 36.4 Å². The number of allylic oxidation sites excluding steroid dienone is 1. The summed E-state index contributed by atoms with van der Waals surface area (Å²) in [6, 6.07) is 7.67. The summed E-state index contributed by atoms with van der Waals surface area (Å²) in [5, 5.41) is 12.4. The van der Waals surface area contributed by atoms with Gasteiger partial charge in [0.05, 0.1) is 15.1 Å². The maximum atomic E-state index is 13.9. The Labute approximate surface area is 171 Å². The summed E-state index contributed by atoms with van der Waals surface area (Å²) in [6.45, 7) is 1.55. The fraction of sp³-hybridized carbons (Fsp3) is 0.167. The Balaban J connectivity index is 1.94. The van der Waals surface area contributed by atoms with Crippen molar-refractivity contribution in [1.29, 1.82) is 0 Å². The van der Waals surface area contributed by atoms with Gasteiger partial charge in [-0.3, -0.25) is 0 Å². The van der Waals surface area contributed by atoms with Crippen LogP contribution in [0.3, 0.4) is 0 Å². The molecule has 1 aliphatic rings. The van der Waals surface area contributed by atoms with Crippen molar-refractivity contribution in [2.75, 3.05) is 0 Å². The van der Waals surface area contributed by atoms with Gasteiger partial charge in [0.2, 0.25) is 10.0 Å². The lowest BCUT2D eigenvalue weighted by Gasteiger charge is -2.20. The second-order valence-electron chi connectivity index (χ2n) is 6.65. The molecule has 1 atom stereocenters. The van der Waals surface area contributed by atoms with Gasteiger partial charge < -0.3 is 0 Å². The van der Waals surface area contributed by atoms with E-state index >= 15 is 0 Å². The first-order chi connectivity index (χ1) is 13.9. The molecule has 4 rings (SSSR count). The van der Waals surface area contributed by atoms with E-state index < -0.39 is 33.3 Å². The van der Waals surface area contributed by atoms with E-state index in [1.807, 2.05) is 0 Å². The molecule has 0 radical (unpaired) electrons.